The molecule has 0 heterocycles. The van der Waals surface area contributed by atoms with Crippen molar-refractivity contribution in [1.29, 1.82) is 5.26 Å². The fourth-order valence-corrected chi connectivity index (χ4v) is 2.42. The number of nitriles is 1. The molecule has 1 saturated carbocycles. The van der Waals surface area contributed by atoms with Gasteiger partial charge < -0.3 is 11.1 Å². The van der Waals surface area contributed by atoms with E-state index in [1.54, 1.807) is 24.3 Å². The maximum atomic E-state index is 12.0. The number of rotatable bonds is 6. The van der Waals surface area contributed by atoms with E-state index in [4.69, 9.17) is 11.0 Å². The minimum Gasteiger partial charge on any atom is -0.329 e. The van der Waals surface area contributed by atoms with E-state index in [-0.39, 0.29) is 11.9 Å². The number of carbonyl (C=O) groups excluding carboxylic acids is 1. The van der Waals surface area contributed by atoms with E-state index in [9.17, 15) is 4.79 Å². The normalized spacial score (nSPS) is 15.7. The third kappa shape index (κ3) is 3.80. The smallest absolute Gasteiger partial charge is 0.238 e. The number of nitrogens with zero attached hydrogens (tertiary/aromatic N) is 2. The van der Waals surface area contributed by atoms with Crippen molar-refractivity contribution in [3.05, 3.63) is 29.8 Å². The van der Waals surface area contributed by atoms with Crippen LogP contribution in [-0.2, 0) is 4.79 Å². The van der Waals surface area contributed by atoms with Gasteiger partial charge in [0.25, 0.3) is 0 Å². The molecule has 1 aromatic carbocycles. The molecule has 5 nitrogen and oxygen atoms in total. The highest BCUT2D eigenvalue weighted by Crippen LogP contribution is 2.34. The predicted molar refractivity (Wildman–Crippen MR) is 78.0 cm³/mol. The summed E-state index contributed by atoms with van der Waals surface area (Å²) in [6.07, 6.45) is 2.41. The van der Waals surface area contributed by atoms with Gasteiger partial charge in [0.2, 0.25) is 5.91 Å². The predicted octanol–water partition coefficient (Wildman–Crippen LogP) is 1.17. The Labute approximate surface area is 119 Å². The summed E-state index contributed by atoms with van der Waals surface area (Å²) >= 11 is 0. The zero-order valence-corrected chi connectivity index (χ0v) is 11.7. The lowest BCUT2D eigenvalue weighted by Crippen LogP contribution is -2.43. The standard InChI is InChI=1S/C15H20N4O/c1-19(14(9-17)12-5-6-12)10-15(20)18-13-4-2-3-11(7-13)8-16/h2-4,7,12,14H,5-6,9-10,17H2,1H3,(H,18,20). The number of carbonyl (C=O) groups is 1. The fraction of sp³-hybridized carbons (Fsp3) is 0.467. The number of hydrogen-bond donors (Lipinski definition) is 2. The van der Waals surface area contributed by atoms with E-state index in [0.29, 0.717) is 30.3 Å². The number of likely N-dealkylation sites (N-methyl/N-ethyl adjacent to an activating group) is 1. The Hall–Kier alpha value is -1.90. The van der Waals surface area contributed by atoms with E-state index in [1.165, 1.54) is 12.8 Å². The minimum atomic E-state index is -0.0818. The van der Waals surface area contributed by atoms with E-state index in [0.717, 1.165) is 0 Å². The minimum absolute atomic E-state index is 0.0818. The van der Waals surface area contributed by atoms with Crippen molar-refractivity contribution in [2.24, 2.45) is 11.7 Å². The molecule has 1 amide bonds. The summed E-state index contributed by atoms with van der Waals surface area (Å²) in [6, 6.07) is 9.24. The van der Waals surface area contributed by atoms with Crippen LogP contribution in [0.5, 0.6) is 0 Å². The van der Waals surface area contributed by atoms with Crippen molar-refractivity contribution < 1.29 is 4.79 Å². The van der Waals surface area contributed by atoms with Crippen LogP contribution in [0.3, 0.4) is 0 Å². The van der Waals surface area contributed by atoms with Gasteiger partial charge in [0.1, 0.15) is 0 Å². The van der Waals surface area contributed by atoms with Gasteiger partial charge in [0.15, 0.2) is 0 Å². The second kappa shape index (κ2) is 6.51. The Kier molecular flexibility index (Phi) is 4.72. The van der Waals surface area contributed by atoms with Crippen LogP contribution in [0, 0.1) is 17.2 Å². The third-order valence-corrected chi connectivity index (χ3v) is 3.64. The molecule has 106 valence electrons. The summed E-state index contributed by atoms with van der Waals surface area (Å²) in [5.74, 6) is 0.557. The van der Waals surface area contributed by atoms with E-state index in [2.05, 4.69) is 11.4 Å². The molecule has 1 aliphatic rings. The molecule has 0 aromatic heterocycles. The number of anilines is 1. The second-order valence-corrected chi connectivity index (χ2v) is 5.30. The van der Waals surface area contributed by atoms with Gasteiger partial charge in [-0.25, -0.2) is 0 Å². The molecule has 1 unspecified atom stereocenters. The molecule has 0 spiro atoms. The summed E-state index contributed by atoms with van der Waals surface area (Å²) in [5, 5.41) is 11.6. The summed E-state index contributed by atoms with van der Waals surface area (Å²) in [5.41, 5.74) is 6.96. The molecule has 5 heteroatoms. The number of amides is 1. The van der Waals surface area contributed by atoms with Crippen molar-refractivity contribution in [1.82, 2.24) is 4.90 Å². The molecule has 1 fully saturated rings. The first kappa shape index (κ1) is 14.5. The molecule has 0 radical (unpaired) electrons. The Morgan fingerprint density at radius 2 is 2.35 bits per heavy atom. The molecular formula is C15H20N4O. The Balaban J connectivity index is 1.89. The highest BCUT2D eigenvalue weighted by Gasteiger charge is 2.33. The van der Waals surface area contributed by atoms with Crippen LogP contribution in [-0.4, -0.2) is 37.0 Å². The van der Waals surface area contributed by atoms with Crippen molar-refractivity contribution in [2.45, 2.75) is 18.9 Å². The monoisotopic (exact) mass is 272 g/mol. The fourth-order valence-electron chi connectivity index (χ4n) is 2.42. The average Bonchev–Trinajstić information content (AvgIpc) is 3.24. The maximum absolute atomic E-state index is 12.0. The highest BCUT2D eigenvalue weighted by molar-refractivity contribution is 5.92. The van der Waals surface area contributed by atoms with Crippen molar-refractivity contribution in [3.8, 4) is 6.07 Å². The van der Waals surface area contributed by atoms with Gasteiger partial charge in [0, 0.05) is 18.3 Å². The summed E-state index contributed by atoms with van der Waals surface area (Å²) in [4.78, 5) is 14.0. The lowest BCUT2D eigenvalue weighted by Gasteiger charge is -2.26. The molecule has 0 saturated heterocycles. The largest absolute Gasteiger partial charge is 0.329 e. The Bertz CT molecular complexity index is 519. The van der Waals surface area contributed by atoms with Crippen molar-refractivity contribution in [3.63, 3.8) is 0 Å². The van der Waals surface area contributed by atoms with Gasteiger partial charge in [-0.3, -0.25) is 9.69 Å². The molecule has 0 bridgehead atoms. The summed E-state index contributed by atoms with van der Waals surface area (Å²) < 4.78 is 0. The van der Waals surface area contributed by atoms with Crippen LogP contribution in [0.15, 0.2) is 24.3 Å². The first-order chi connectivity index (χ1) is 9.63. The average molecular weight is 272 g/mol. The Morgan fingerprint density at radius 3 is 2.95 bits per heavy atom. The third-order valence-electron chi connectivity index (χ3n) is 3.64. The number of hydrogen-bond acceptors (Lipinski definition) is 4. The first-order valence-electron chi connectivity index (χ1n) is 6.84. The second-order valence-electron chi connectivity index (χ2n) is 5.30. The topological polar surface area (TPSA) is 82.2 Å². The van der Waals surface area contributed by atoms with Crippen LogP contribution in [0.25, 0.3) is 0 Å². The van der Waals surface area contributed by atoms with Gasteiger partial charge in [-0.15, -0.1) is 0 Å². The van der Waals surface area contributed by atoms with Crippen LogP contribution in [0.2, 0.25) is 0 Å². The molecule has 1 aliphatic carbocycles. The van der Waals surface area contributed by atoms with Gasteiger partial charge >= 0.3 is 0 Å². The number of nitrogens with one attached hydrogen (secondary N) is 1. The molecule has 20 heavy (non-hydrogen) atoms. The quantitative estimate of drug-likeness (QED) is 0.814. The SMILES string of the molecule is CN(CC(=O)Nc1cccc(C#N)c1)C(CN)C1CC1. The van der Waals surface area contributed by atoms with E-state index in [1.807, 2.05) is 11.9 Å². The van der Waals surface area contributed by atoms with Gasteiger partial charge in [-0.1, -0.05) is 6.07 Å². The van der Waals surface area contributed by atoms with Crippen LogP contribution in [0.1, 0.15) is 18.4 Å². The molecule has 1 atom stereocenters. The van der Waals surface area contributed by atoms with Gasteiger partial charge in [0.05, 0.1) is 18.2 Å². The summed E-state index contributed by atoms with van der Waals surface area (Å²) in [6.45, 7) is 0.896. The first-order valence-corrected chi connectivity index (χ1v) is 6.84. The maximum Gasteiger partial charge on any atom is 0.238 e. The number of benzene rings is 1. The Morgan fingerprint density at radius 1 is 1.60 bits per heavy atom. The van der Waals surface area contributed by atoms with Crippen LogP contribution in [0.4, 0.5) is 5.69 Å². The molecule has 3 N–H and O–H groups in total. The van der Waals surface area contributed by atoms with E-state index >= 15 is 0 Å². The lowest BCUT2D eigenvalue weighted by molar-refractivity contribution is -0.117. The highest BCUT2D eigenvalue weighted by atomic mass is 16.2. The van der Waals surface area contributed by atoms with Crippen molar-refractivity contribution in [2.75, 3.05) is 25.5 Å². The zero-order valence-electron chi connectivity index (χ0n) is 11.7. The van der Waals surface area contributed by atoms with Crippen LogP contribution >= 0.6 is 0 Å². The molecule has 2 rings (SSSR count). The van der Waals surface area contributed by atoms with Gasteiger partial charge in [-0.2, -0.15) is 5.26 Å². The molecule has 1 aromatic rings. The lowest BCUT2D eigenvalue weighted by atomic mass is 10.1. The van der Waals surface area contributed by atoms with E-state index < -0.39 is 0 Å². The van der Waals surface area contributed by atoms with Crippen molar-refractivity contribution >= 4 is 11.6 Å². The molecular weight excluding hydrogens is 252 g/mol. The summed E-state index contributed by atoms with van der Waals surface area (Å²) in [7, 11) is 1.93. The van der Waals surface area contributed by atoms with Gasteiger partial charge in [-0.05, 0) is 44.0 Å². The number of nitrogens with two attached hydrogens (primary N) is 1. The van der Waals surface area contributed by atoms with Crippen LogP contribution < -0.4 is 11.1 Å². The molecule has 0 aliphatic heterocycles. The zero-order chi connectivity index (χ0) is 14.5.